The molecule has 0 heterocycles. The van der Waals surface area contributed by atoms with Crippen LogP contribution in [0.1, 0.15) is 48.0 Å². The average Bonchev–Trinajstić information content (AvgIpc) is 2.92. The highest BCUT2D eigenvalue weighted by atomic mass is 16.2. The number of ketones is 1. The first-order valence-electron chi connectivity index (χ1n) is 7.29. The minimum atomic E-state index is -0.159. The van der Waals surface area contributed by atoms with Crippen molar-refractivity contribution in [2.45, 2.75) is 45.1 Å². The Kier molecular flexibility index (Phi) is 5.16. The average molecular weight is 274 g/mol. The zero-order chi connectivity index (χ0) is 14.4. The molecule has 0 atom stereocenters. The SMILES string of the molecule is Cc1ccc(C(=O)CCNC(=O)NC2CCCC2)cc1. The van der Waals surface area contributed by atoms with Crippen molar-refractivity contribution in [1.29, 1.82) is 0 Å². The first-order chi connectivity index (χ1) is 9.65. The van der Waals surface area contributed by atoms with Crippen LogP contribution in [0.4, 0.5) is 4.79 Å². The van der Waals surface area contributed by atoms with Crippen LogP contribution in [0.3, 0.4) is 0 Å². The van der Waals surface area contributed by atoms with Gasteiger partial charge in [0.05, 0.1) is 0 Å². The number of carbonyl (C=O) groups is 2. The quantitative estimate of drug-likeness (QED) is 0.811. The molecule has 0 spiro atoms. The number of carbonyl (C=O) groups excluding carboxylic acids is 2. The molecule has 108 valence electrons. The van der Waals surface area contributed by atoms with Gasteiger partial charge in [-0.2, -0.15) is 0 Å². The molecule has 1 aliphatic rings. The summed E-state index contributed by atoms with van der Waals surface area (Å²) in [6.07, 6.45) is 4.85. The molecule has 0 radical (unpaired) electrons. The first kappa shape index (κ1) is 14.6. The van der Waals surface area contributed by atoms with Gasteiger partial charge in [-0.15, -0.1) is 0 Å². The lowest BCUT2D eigenvalue weighted by molar-refractivity contribution is 0.0983. The summed E-state index contributed by atoms with van der Waals surface area (Å²) in [5.74, 6) is 0.0613. The third-order valence-electron chi connectivity index (χ3n) is 3.70. The van der Waals surface area contributed by atoms with Crippen LogP contribution in [0.5, 0.6) is 0 Å². The molecule has 20 heavy (non-hydrogen) atoms. The Bertz CT molecular complexity index is 462. The van der Waals surface area contributed by atoms with Crippen molar-refractivity contribution < 1.29 is 9.59 Å². The Labute approximate surface area is 119 Å². The predicted octanol–water partition coefficient (Wildman–Crippen LogP) is 2.81. The lowest BCUT2D eigenvalue weighted by Crippen LogP contribution is -2.41. The van der Waals surface area contributed by atoms with Crippen LogP contribution in [0.25, 0.3) is 0 Å². The maximum atomic E-state index is 11.9. The third-order valence-corrected chi connectivity index (χ3v) is 3.70. The van der Waals surface area contributed by atoms with Crippen molar-refractivity contribution in [3.8, 4) is 0 Å². The highest BCUT2D eigenvalue weighted by Gasteiger charge is 2.16. The van der Waals surface area contributed by atoms with Crippen LogP contribution in [-0.4, -0.2) is 24.4 Å². The van der Waals surface area contributed by atoms with E-state index in [1.165, 1.54) is 12.8 Å². The van der Waals surface area contributed by atoms with Gasteiger partial charge in [-0.1, -0.05) is 42.7 Å². The van der Waals surface area contributed by atoms with E-state index in [0.29, 0.717) is 24.6 Å². The Morgan fingerprint density at radius 2 is 1.80 bits per heavy atom. The molecule has 1 aliphatic carbocycles. The summed E-state index contributed by atoms with van der Waals surface area (Å²) in [5, 5.41) is 5.69. The second-order valence-corrected chi connectivity index (χ2v) is 5.42. The van der Waals surface area contributed by atoms with Gasteiger partial charge in [0.15, 0.2) is 5.78 Å². The van der Waals surface area contributed by atoms with Gasteiger partial charge in [-0.25, -0.2) is 4.79 Å². The summed E-state index contributed by atoms with van der Waals surface area (Å²) < 4.78 is 0. The van der Waals surface area contributed by atoms with E-state index in [4.69, 9.17) is 0 Å². The number of rotatable bonds is 5. The van der Waals surface area contributed by atoms with E-state index in [2.05, 4.69) is 10.6 Å². The maximum absolute atomic E-state index is 11.9. The first-order valence-corrected chi connectivity index (χ1v) is 7.29. The van der Waals surface area contributed by atoms with Gasteiger partial charge < -0.3 is 10.6 Å². The topological polar surface area (TPSA) is 58.2 Å². The van der Waals surface area contributed by atoms with Gasteiger partial charge in [-0.05, 0) is 19.8 Å². The molecule has 2 rings (SSSR count). The number of hydrogen-bond acceptors (Lipinski definition) is 2. The standard InChI is InChI=1S/C16H22N2O2/c1-12-6-8-13(9-7-12)15(19)10-11-17-16(20)18-14-4-2-3-5-14/h6-9,14H,2-5,10-11H2,1H3,(H2,17,18,20). The van der Waals surface area contributed by atoms with Gasteiger partial charge in [0.2, 0.25) is 0 Å². The van der Waals surface area contributed by atoms with E-state index in [9.17, 15) is 9.59 Å². The fraction of sp³-hybridized carbons (Fsp3) is 0.500. The summed E-state index contributed by atoms with van der Waals surface area (Å²) in [4.78, 5) is 23.5. The largest absolute Gasteiger partial charge is 0.338 e. The van der Waals surface area contributed by atoms with E-state index in [1.807, 2.05) is 31.2 Å². The minimum absolute atomic E-state index is 0.0613. The maximum Gasteiger partial charge on any atom is 0.315 e. The van der Waals surface area contributed by atoms with Gasteiger partial charge in [-0.3, -0.25) is 4.79 Å². The monoisotopic (exact) mass is 274 g/mol. The number of hydrogen-bond donors (Lipinski definition) is 2. The Morgan fingerprint density at radius 1 is 1.15 bits per heavy atom. The molecule has 0 saturated heterocycles. The van der Waals surface area contributed by atoms with Crippen molar-refractivity contribution in [1.82, 2.24) is 10.6 Å². The molecule has 1 aromatic carbocycles. The lowest BCUT2D eigenvalue weighted by Gasteiger charge is -2.12. The van der Waals surface area contributed by atoms with Crippen LogP contribution in [0.2, 0.25) is 0 Å². The summed E-state index contributed by atoms with van der Waals surface area (Å²) in [6.45, 7) is 2.37. The molecular formula is C16H22N2O2. The molecule has 2 amide bonds. The molecular weight excluding hydrogens is 252 g/mol. The smallest absolute Gasteiger partial charge is 0.315 e. The van der Waals surface area contributed by atoms with Crippen LogP contribution in [-0.2, 0) is 0 Å². The molecule has 0 unspecified atom stereocenters. The zero-order valence-electron chi connectivity index (χ0n) is 11.9. The molecule has 0 aliphatic heterocycles. The highest BCUT2D eigenvalue weighted by molar-refractivity contribution is 5.96. The molecule has 0 bridgehead atoms. The Balaban J connectivity index is 1.68. The number of benzene rings is 1. The number of Topliss-reactive ketones (excluding diaryl/α,β-unsaturated/α-hetero) is 1. The molecule has 4 nitrogen and oxygen atoms in total. The second-order valence-electron chi connectivity index (χ2n) is 5.42. The van der Waals surface area contributed by atoms with Crippen LogP contribution < -0.4 is 10.6 Å². The summed E-state index contributed by atoms with van der Waals surface area (Å²) >= 11 is 0. The van der Waals surface area contributed by atoms with Crippen molar-refractivity contribution in [2.75, 3.05) is 6.54 Å². The molecule has 1 fully saturated rings. The van der Waals surface area contributed by atoms with Crippen molar-refractivity contribution in [3.05, 3.63) is 35.4 Å². The van der Waals surface area contributed by atoms with Crippen molar-refractivity contribution in [2.24, 2.45) is 0 Å². The number of urea groups is 1. The van der Waals surface area contributed by atoms with E-state index in [-0.39, 0.29) is 11.8 Å². The van der Waals surface area contributed by atoms with Crippen LogP contribution >= 0.6 is 0 Å². The van der Waals surface area contributed by atoms with Gasteiger partial charge in [0.25, 0.3) is 0 Å². The third kappa shape index (κ3) is 4.37. The highest BCUT2D eigenvalue weighted by Crippen LogP contribution is 2.17. The predicted molar refractivity (Wildman–Crippen MR) is 78.9 cm³/mol. The summed E-state index contributed by atoms with van der Waals surface area (Å²) in [5.41, 5.74) is 1.84. The van der Waals surface area contributed by atoms with Gasteiger partial charge >= 0.3 is 6.03 Å². The fourth-order valence-corrected chi connectivity index (χ4v) is 2.48. The lowest BCUT2D eigenvalue weighted by atomic mass is 10.1. The zero-order valence-corrected chi connectivity index (χ0v) is 11.9. The Morgan fingerprint density at radius 3 is 2.45 bits per heavy atom. The van der Waals surface area contributed by atoms with Crippen LogP contribution in [0, 0.1) is 6.92 Å². The molecule has 2 N–H and O–H groups in total. The Hall–Kier alpha value is -1.84. The summed E-state index contributed by atoms with van der Waals surface area (Å²) in [7, 11) is 0. The number of aryl methyl sites for hydroxylation is 1. The number of nitrogens with one attached hydrogen (secondary N) is 2. The minimum Gasteiger partial charge on any atom is -0.338 e. The normalized spacial score (nSPS) is 15.1. The van der Waals surface area contributed by atoms with E-state index in [0.717, 1.165) is 18.4 Å². The second kappa shape index (κ2) is 7.08. The molecule has 0 aromatic heterocycles. The van der Waals surface area contributed by atoms with E-state index >= 15 is 0 Å². The van der Waals surface area contributed by atoms with Gasteiger partial charge in [0.1, 0.15) is 0 Å². The summed E-state index contributed by atoms with van der Waals surface area (Å²) in [6, 6.07) is 7.66. The molecule has 1 saturated carbocycles. The van der Waals surface area contributed by atoms with E-state index < -0.39 is 0 Å². The fourth-order valence-electron chi connectivity index (χ4n) is 2.48. The van der Waals surface area contributed by atoms with Crippen LogP contribution in [0.15, 0.2) is 24.3 Å². The molecule has 4 heteroatoms. The van der Waals surface area contributed by atoms with E-state index in [1.54, 1.807) is 0 Å². The van der Waals surface area contributed by atoms with Crippen molar-refractivity contribution in [3.63, 3.8) is 0 Å². The number of amides is 2. The van der Waals surface area contributed by atoms with Gasteiger partial charge in [0, 0.05) is 24.6 Å². The molecule has 1 aromatic rings. The van der Waals surface area contributed by atoms with Crippen molar-refractivity contribution >= 4 is 11.8 Å².